The smallest absolute Gasteiger partial charge is 0.332 e. The molecule has 2 aromatic carbocycles. The van der Waals surface area contributed by atoms with Gasteiger partial charge in [-0.15, -0.1) is 0 Å². The fourth-order valence-corrected chi connectivity index (χ4v) is 2.27. The molecule has 0 saturated carbocycles. The Morgan fingerprint density at radius 2 is 1.52 bits per heavy atom. The minimum absolute atomic E-state index is 0.215. The number of nitrogens with one attached hydrogen (secondary N) is 2. The molecule has 21 heavy (non-hydrogen) atoms. The van der Waals surface area contributed by atoms with Crippen LogP contribution in [0.2, 0.25) is 0 Å². The first kappa shape index (κ1) is 15.8. The summed E-state index contributed by atoms with van der Waals surface area (Å²) in [6, 6.07) is 12.1. The predicted molar refractivity (Wildman–Crippen MR) is 85.4 cm³/mol. The van der Waals surface area contributed by atoms with Crippen LogP contribution in [0.15, 0.2) is 53.0 Å². The van der Waals surface area contributed by atoms with Crippen molar-refractivity contribution in [2.75, 3.05) is 10.6 Å². The van der Waals surface area contributed by atoms with Gasteiger partial charge in [-0.1, -0.05) is 28.1 Å². The number of thiocarbonyl (C=S) groups is 1. The molecule has 2 aromatic rings. The van der Waals surface area contributed by atoms with E-state index in [0.29, 0.717) is 0 Å². The normalized spacial score (nSPS) is 11.0. The maximum atomic E-state index is 12.6. The van der Waals surface area contributed by atoms with E-state index in [4.69, 9.17) is 12.2 Å². The van der Waals surface area contributed by atoms with Crippen LogP contribution in [0.25, 0.3) is 0 Å². The molecule has 0 spiro atoms. The van der Waals surface area contributed by atoms with Gasteiger partial charge in [-0.3, -0.25) is 0 Å². The average molecular weight is 375 g/mol. The summed E-state index contributed by atoms with van der Waals surface area (Å²) in [6.07, 6.45) is -4.38. The molecule has 2 N–H and O–H groups in total. The Kier molecular flexibility index (Phi) is 4.84. The number of hydrogen-bond donors (Lipinski definition) is 2. The highest BCUT2D eigenvalue weighted by Crippen LogP contribution is 2.30. The number of alkyl halides is 3. The lowest BCUT2D eigenvalue weighted by Gasteiger charge is -2.12. The molecule has 0 saturated heterocycles. The molecule has 0 fully saturated rings. The fraction of sp³-hybridized carbons (Fsp3) is 0.0714. The van der Waals surface area contributed by atoms with E-state index in [2.05, 4.69) is 26.6 Å². The number of rotatable bonds is 2. The van der Waals surface area contributed by atoms with Gasteiger partial charge >= 0.3 is 6.18 Å². The van der Waals surface area contributed by atoms with Gasteiger partial charge in [0.2, 0.25) is 0 Å². The third-order valence-corrected chi connectivity index (χ3v) is 3.23. The van der Waals surface area contributed by atoms with E-state index in [1.807, 2.05) is 12.1 Å². The van der Waals surface area contributed by atoms with Gasteiger partial charge in [0.15, 0.2) is 5.11 Å². The summed E-state index contributed by atoms with van der Waals surface area (Å²) in [7, 11) is 0. The second-order valence-corrected chi connectivity index (χ2v) is 5.49. The molecule has 0 atom stereocenters. The van der Waals surface area contributed by atoms with E-state index < -0.39 is 11.7 Å². The van der Waals surface area contributed by atoms with Crippen molar-refractivity contribution in [2.24, 2.45) is 0 Å². The number of anilines is 2. The highest BCUT2D eigenvalue weighted by molar-refractivity contribution is 9.10. The highest BCUT2D eigenvalue weighted by Gasteiger charge is 2.30. The van der Waals surface area contributed by atoms with Gasteiger partial charge in [0.1, 0.15) is 0 Å². The van der Waals surface area contributed by atoms with E-state index in [0.717, 1.165) is 22.3 Å². The Hall–Kier alpha value is -1.60. The summed E-state index contributed by atoms with van der Waals surface area (Å²) in [5.74, 6) is 0. The molecule has 0 aliphatic rings. The third kappa shape index (κ3) is 4.71. The monoisotopic (exact) mass is 374 g/mol. The first-order chi connectivity index (χ1) is 9.84. The van der Waals surface area contributed by atoms with E-state index in [1.165, 1.54) is 12.1 Å². The standard InChI is InChI=1S/C14H10BrF3N2S/c15-10-4-2-6-12(8-10)20-13(21)19-11-5-1-3-9(7-11)14(16,17)18/h1-8H,(H2,19,20,21). The van der Waals surface area contributed by atoms with Crippen molar-refractivity contribution in [3.8, 4) is 0 Å². The van der Waals surface area contributed by atoms with Crippen LogP contribution in [0.5, 0.6) is 0 Å². The van der Waals surface area contributed by atoms with E-state index in [9.17, 15) is 13.2 Å². The third-order valence-electron chi connectivity index (χ3n) is 2.53. The van der Waals surface area contributed by atoms with Crippen LogP contribution in [0.1, 0.15) is 5.56 Å². The van der Waals surface area contributed by atoms with Crippen molar-refractivity contribution in [3.63, 3.8) is 0 Å². The minimum atomic E-state index is -4.38. The summed E-state index contributed by atoms with van der Waals surface area (Å²) in [5, 5.41) is 5.84. The first-order valence-corrected chi connectivity index (χ1v) is 7.05. The van der Waals surface area contributed by atoms with Crippen molar-refractivity contribution in [1.29, 1.82) is 0 Å². The van der Waals surface area contributed by atoms with E-state index in [1.54, 1.807) is 12.1 Å². The summed E-state index contributed by atoms with van der Waals surface area (Å²) in [4.78, 5) is 0. The Morgan fingerprint density at radius 3 is 2.10 bits per heavy atom. The molecular formula is C14H10BrF3N2S. The van der Waals surface area contributed by atoms with Crippen LogP contribution in [0.3, 0.4) is 0 Å². The van der Waals surface area contributed by atoms with Crippen molar-refractivity contribution >= 4 is 44.6 Å². The van der Waals surface area contributed by atoms with Crippen LogP contribution in [0, 0.1) is 0 Å². The van der Waals surface area contributed by atoms with Gasteiger partial charge < -0.3 is 10.6 Å². The van der Waals surface area contributed by atoms with Crippen molar-refractivity contribution in [2.45, 2.75) is 6.18 Å². The number of halogens is 4. The lowest BCUT2D eigenvalue weighted by Crippen LogP contribution is -2.19. The molecule has 2 nitrogen and oxygen atoms in total. The molecule has 0 amide bonds. The number of benzene rings is 2. The van der Waals surface area contributed by atoms with E-state index >= 15 is 0 Å². The van der Waals surface area contributed by atoms with Gasteiger partial charge in [0, 0.05) is 15.8 Å². The van der Waals surface area contributed by atoms with Crippen LogP contribution < -0.4 is 10.6 Å². The van der Waals surface area contributed by atoms with Gasteiger partial charge in [-0.05, 0) is 48.6 Å². The molecule has 0 radical (unpaired) electrons. The molecular weight excluding hydrogens is 365 g/mol. The Balaban J connectivity index is 2.06. The van der Waals surface area contributed by atoms with Crippen LogP contribution in [-0.4, -0.2) is 5.11 Å². The van der Waals surface area contributed by atoms with Crippen LogP contribution in [-0.2, 0) is 6.18 Å². The summed E-state index contributed by atoms with van der Waals surface area (Å²) in [5.41, 5.74) is 0.281. The molecule has 0 aliphatic carbocycles. The minimum Gasteiger partial charge on any atom is -0.332 e. The summed E-state index contributed by atoms with van der Waals surface area (Å²) >= 11 is 8.40. The molecule has 0 aliphatic heterocycles. The Bertz CT molecular complexity index is 659. The lowest BCUT2D eigenvalue weighted by molar-refractivity contribution is -0.137. The van der Waals surface area contributed by atoms with Gasteiger partial charge in [-0.25, -0.2) is 0 Å². The fourth-order valence-electron chi connectivity index (χ4n) is 1.63. The van der Waals surface area contributed by atoms with Crippen molar-refractivity contribution in [1.82, 2.24) is 0 Å². The zero-order chi connectivity index (χ0) is 15.5. The molecule has 2 rings (SSSR count). The molecule has 0 heterocycles. The summed E-state index contributed by atoms with van der Waals surface area (Å²) < 4.78 is 38.7. The van der Waals surface area contributed by atoms with Gasteiger partial charge in [-0.2, -0.15) is 13.2 Å². The SMILES string of the molecule is FC(F)(F)c1cccc(NC(=S)Nc2cccc(Br)c2)c1. The molecule has 0 bridgehead atoms. The lowest BCUT2D eigenvalue weighted by atomic mass is 10.2. The molecule has 7 heteroatoms. The Morgan fingerprint density at radius 1 is 0.952 bits per heavy atom. The second kappa shape index (κ2) is 6.44. The van der Waals surface area contributed by atoms with Gasteiger partial charge in [0.05, 0.1) is 5.56 Å². The zero-order valence-electron chi connectivity index (χ0n) is 10.5. The molecule has 0 unspecified atom stereocenters. The highest BCUT2D eigenvalue weighted by atomic mass is 79.9. The first-order valence-electron chi connectivity index (χ1n) is 5.85. The maximum absolute atomic E-state index is 12.6. The van der Waals surface area contributed by atoms with Crippen LogP contribution in [0.4, 0.5) is 24.5 Å². The maximum Gasteiger partial charge on any atom is 0.416 e. The van der Waals surface area contributed by atoms with Crippen molar-refractivity contribution < 1.29 is 13.2 Å². The summed E-state index contributed by atoms with van der Waals surface area (Å²) in [6.45, 7) is 0. The van der Waals surface area contributed by atoms with Gasteiger partial charge in [0.25, 0.3) is 0 Å². The molecule has 110 valence electrons. The van der Waals surface area contributed by atoms with E-state index in [-0.39, 0.29) is 10.8 Å². The molecule has 0 aromatic heterocycles. The average Bonchev–Trinajstić information content (AvgIpc) is 2.37. The zero-order valence-corrected chi connectivity index (χ0v) is 12.9. The largest absolute Gasteiger partial charge is 0.416 e. The quantitative estimate of drug-likeness (QED) is 0.699. The second-order valence-electron chi connectivity index (χ2n) is 4.17. The van der Waals surface area contributed by atoms with Crippen molar-refractivity contribution in [3.05, 3.63) is 58.6 Å². The Labute approximate surface area is 133 Å². The van der Waals surface area contributed by atoms with Crippen LogP contribution >= 0.6 is 28.1 Å². The predicted octanol–water partition coefficient (Wildman–Crippen LogP) is 5.28. The number of hydrogen-bond acceptors (Lipinski definition) is 1. The topological polar surface area (TPSA) is 24.1 Å².